The number of aromatic hydroxyl groups is 1. The lowest BCUT2D eigenvalue weighted by molar-refractivity contribution is 0.0951. The molecule has 0 fully saturated rings. The maximum Gasteiger partial charge on any atom is 0.293 e. The molecule has 1 amide bonds. The van der Waals surface area contributed by atoms with Crippen molar-refractivity contribution in [3.63, 3.8) is 0 Å². The quantitative estimate of drug-likeness (QED) is 0.157. The minimum atomic E-state index is -0.550. The van der Waals surface area contributed by atoms with Crippen LogP contribution in [0.2, 0.25) is 10.0 Å². The normalized spacial score (nSPS) is 11.0. The van der Waals surface area contributed by atoms with Crippen LogP contribution in [-0.4, -0.2) is 21.1 Å². The number of nitrogens with one attached hydrogen (secondary N) is 2. The first-order valence-electron chi connectivity index (χ1n) is 11.1. The largest absolute Gasteiger partial charge is 0.507 e. The number of furan rings is 1. The number of carbonyl (C=O) groups is 1. The molecule has 3 aromatic carbocycles. The molecule has 0 spiro atoms. The average molecular weight is 552 g/mol. The fourth-order valence-corrected chi connectivity index (χ4v) is 4.51. The molecule has 7 nitrogen and oxygen atoms in total. The first-order chi connectivity index (χ1) is 17.7. The van der Waals surface area contributed by atoms with Crippen molar-refractivity contribution in [2.45, 2.75) is 13.8 Å². The summed E-state index contributed by atoms with van der Waals surface area (Å²) in [7, 11) is 0. The van der Waals surface area contributed by atoms with Crippen molar-refractivity contribution in [1.29, 1.82) is 0 Å². The van der Waals surface area contributed by atoms with Gasteiger partial charge in [-0.25, -0.2) is 4.98 Å². The summed E-state index contributed by atoms with van der Waals surface area (Å²) in [6.07, 6.45) is 0. The molecule has 0 unspecified atom stereocenters. The van der Waals surface area contributed by atoms with E-state index in [-0.39, 0.29) is 22.5 Å². The molecule has 3 N–H and O–H groups in total. The SMILES string of the molecule is Cc1cc(C)c2oc(-c3cc(NC(=S)NC(=O)c4ccc(-c5cccc(Cl)c5Cl)o4)ccc3O)nc2c1. The molecular formula is C27H19Cl2N3O4S. The number of aryl methyl sites for hydroxylation is 2. The van der Waals surface area contributed by atoms with E-state index in [0.29, 0.717) is 43.7 Å². The number of oxazole rings is 1. The molecule has 10 heteroatoms. The Bertz CT molecular complexity index is 1690. The van der Waals surface area contributed by atoms with Gasteiger partial charge in [-0.05, 0) is 85.7 Å². The first-order valence-corrected chi connectivity index (χ1v) is 12.2. The Hall–Kier alpha value is -3.85. The summed E-state index contributed by atoms with van der Waals surface area (Å²) in [6, 6.07) is 16.9. The molecule has 0 aliphatic heterocycles. The molecule has 2 aromatic heterocycles. The van der Waals surface area contributed by atoms with Crippen molar-refractivity contribution in [3.05, 3.63) is 87.6 Å². The van der Waals surface area contributed by atoms with Crippen LogP contribution in [0, 0.1) is 13.8 Å². The maximum absolute atomic E-state index is 12.7. The molecule has 0 saturated carbocycles. The number of rotatable bonds is 4. The number of hydrogen-bond acceptors (Lipinski definition) is 6. The van der Waals surface area contributed by atoms with Gasteiger partial charge in [0.05, 0.1) is 15.6 Å². The van der Waals surface area contributed by atoms with E-state index in [1.54, 1.807) is 36.4 Å². The number of nitrogens with zero attached hydrogens (tertiary/aromatic N) is 1. The maximum atomic E-state index is 12.7. The van der Waals surface area contributed by atoms with Gasteiger partial charge in [0.2, 0.25) is 5.89 Å². The molecule has 0 radical (unpaired) electrons. The van der Waals surface area contributed by atoms with Crippen LogP contribution in [0.25, 0.3) is 33.9 Å². The van der Waals surface area contributed by atoms with E-state index in [2.05, 4.69) is 15.6 Å². The summed E-state index contributed by atoms with van der Waals surface area (Å²) in [5, 5.41) is 16.7. The number of phenolic OH excluding ortho intramolecular Hbond substituents is 1. The van der Waals surface area contributed by atoms with E-state index < -0.39 is 5.91 Å². The van der Waals surface area contributed by atoms with Crippen LogP contribution < -0.4 is 10.6 Å². The van der Waals surface area contributed by atoms with Gasteiger partial charge >= 0.3 is 0 Å². The lowest BCUT2D eigenvalue weighted by Gasteiger charge is -2.10. The molecule has 5 rings (SSSR count). The summed E-state index contributed by atoms with van der Waals surface area (Å²) in [5.74, 6) is 0.139. The number of aromatic nitrogens is 1. The predicted molar refractivity (Wildman–Crippen MR) is 148 cm³/mol. The summed E-state index contributed by atoms with van der Waals surface area (Å²) in [4.78, 5) is 17.2. The Morgan fingerprint density at radius 1 is 1.00 bits per heavy atom. The summed E-state index contributed by atoms with van der Waals surface area (Å²) < 4.78 is 11.6. The molecule has 37 heavy (non-hydrogen) atoms. The van der Waals surface area contributed by atoms with E-state index in [9.17, 15) is 9.90 Å². The Kier molecular flexibility index (Phi) is 6.64. The third kappa shape index (κ3) is 5.04. The number of hydrogen-bond donors (Lipinski definition) is 3. The zero-order valence-electron chi connectivity index (χ0n) is 19.6. The fraction of sp³-hybridized carbons (Fsp3) is 0.0741. The average Bonchev–Trinajstić information content (AvgIpc) is 3.50. The van der Waals surface area contributed by atoms with Crippen molar-refractivity contribution in [1.82, 2.24) is 10.3 Å². The van der Waals surface area contributed by atoms with E-state index in [4.69, 9.17) is 44.3 Å². The molecule has 0 saturated heterocycles. The van der Waals surface area contributed by atoms with Crippen LogP contribution >= 0.6 is 35.4 Å². The smallest absolute Gasteiger partial charge is 0.293 e. The number of halogens is 2. The Morgan fingerprint density at radius 2 is 1.81 bits per heavy atom. The highest BCUT2D eigenvalue weighted by Crippen LogP contribution is 2.35. The molecule has 5 aromatic rings. The first kappa shape index (κ1) is 24.8. The van der Waals surface area contributed by atoms with Crippen molar-refractivity contribution < 1.29 is 18.7 Å². The highest BCUT2D eigenvalue weighted by molar-refractivity contribution is 7.80. The number of fused-ring (bicyclic) bond motifs is 1. The molecule has 0 atom stereocenters. The summed E-state index contributed by atoms with van der Waals surface area (Å²) in [5.41, 5.74) is 4.81. The number of phenols is 1. The topological polar surface area (TPSA) is 101 Å². The molecule has 0 bridgehead atoms. The molecule has 0 aliphatic rings. The van der Waals surface area contributed by atoms with E-state index in [0.717, 1.165) is 11.1 Å². The molecule has 2 heterocycles. The van der Waals surface area contributed by atoms with E-state index in [1.807, 2.05) is 26.0 Å². The highest BCUT2D eigenvalue weighted by Gasteiger charge is 2.18. The minimum Gasteiger partial charge on any atom is -0.507 e. The van der Waals surface area contributed by atoms with Crippen LogP contribution in [0.3, 0.4) is 0 Å². The van der Waals surface area contributed by atoms with Crippen molar-refractivity contribution in [2.24, 2.45) is 0 Å². The number of anilines is 1. The lowest BCUT2D eigenvalue weighted by atomic mass is 10.1. The van der Waals surface area contributed by atoms with Gasteiger partial charge in [0.1, 0.15) is 17.0 Å². The van der Waals surface area contributed by atoms with Gasteiger partial charge in [-0.2, -0.15) is 0 Å². The van der Waals surface area contributed by atoms with Gasteiger partial charge in [-0.15, -0.1) is 0 Å². The van der Waals surface area contributed by atoms with Crippen molar-refractivity contribution >= 4 is 63.2 Å². The third-order valence-corrected chi connectivity index (χ3v) is 6.60. The van der Waals surface area contributed by atoms with Gasteiger partial charge in [0.25, 0.3) is 5.91 Å². The van der Waals surface area contributed by atoms with Crippen LogP contribution in [0.1, 0.15) is 21.7 Å². The van der Waals surface area contributed by atoms with E-state index in [1.165, 1.54) is 12.1 Å². The second-order valence-electron chi connectivity index (χ2n) is 8.35. The molecule has 0 aliphatic carbocycles. The molecular weight excluding hydrogens is 533 g/mol. The van der Waals surface area contributed by atoms with Crippen LogP contribution in [0.5, 0.6) is 5.75 Å². The zero-order chi connectivity index (χ0) is 26.3. The van der Waals surface area contributed by atoms with Crippen LogP contribution in [-0.2, 0) is 0 Å². The highest BCUT2D eigenvalue weighted by atomic mass is 35.5. The monoisotopic (exact) mass is 551 g/mol. The van der Waals surface area contributed by atoms with Gasteiger partial charge in [-0.3, -0.25) is 10.1 Å². The summed E-state index contributed by atoms with van der Waals surface area (Å²) >= 11 is 17.6. The van der Waals surface area contributed by atoms with Gasteiger partial charge in [0.15, 0.2) is 16.5 Å². The minimum absolute atomic E-state index is 0.00998. The Morgan fingerprint density at radius 3 is 2.62 bits per heavy atom. The number of amides is 1. The predicted octanol–water partition coefficient (Wildman–Crippen LogP) is 7.51. The second-order valence-corrected chi connectivity index (χ2v) is 9.55. The lowest BCUT2D eigenvalue weighted by Crippen LogP contribution is -2.33. The van der Waals surface area contributed by atoms with Gasteiger partial charge in [-0.1, -0.05) is 35.3 Å². The van der Waals surface area contributed by atoms with Gasteiger partial charge < -0.3 is 19.3 Å². The van der Waals surface area contributed by atoms with Crippen LogP contribution in [0.15, 0.2) is 69.5 Å². The molecule has 186 valence electrons. The summed E-state index contributed by atoms with van der Waals surface area (Å²) in [6.45, 7) is 3.92. The van der Waals surface area contributed by atoms with Crippen molar-refractivity contribution in [3.8, 4) is 28.5 Å². The second kappa shape index (κ2) is 9.89. The third-order valence-electron chi connectivity index (χ3n) is 5.58. The fourth-order valence-electron chi connectivity index (χ4n) is 3.90. The zero-order valence-corrected chi connectivity index (χ0v) is 21.9. The number of carbonyl (C=O) groups excluding carboxylic acids is 1. The van der Waals surface area contributed by atoms with Gasteiger partial charge in [0, 0.05) is 11.3 Å². The standard InChI is InChI=1S/C27H19Cl2N3O4S/c1-13-10-14(2)24-19(11-13)31-26(36-24)17-12-15(6-7-20(17)33)30-27(37)32-25(34)22-9-8-21(35-22)16-4-3-5-18(28)23(16)29/h3-12,33H,1-2H3,(H2,30,32,34,37). The number of benzene rings is 3. The Labute approximate surface area is 227 Å². The Balaban J connectivity index is 1.32. The van der Waals surface area contributed by atoms with E-state index >= 15 is 0 Å². The van der Waals surface area contributed by atoms with Crippen LogP contribution in [0.4, 0.5) is 5.69 Å². The van der Waals surface area contributed by atoms with Crippen molar-refractivity contribution in [2.75, 3.05) is 5.32 Å². The number of thiocarbonyl (C=S) groups is 1.